The first kappa shape index (κ1) is 29.7. The molecule has 8 heteroatoms. The molecule has 0 aromatic heterocycles. The van der Waals surface area contributed by atoms with E-state index in [9.17, 15) is 9.59 Å². The minimum absolute atomic E-state index is 0.00910. The molecule has 2 aliphatic rings. The SMILES string of the molecule is C[C@@H](O[Si](C)(C)C(C)(C)C)[C@H]1C(=O)N[C@@H]1[C@H]1CCC[C@H](OCCCO[Si](C)(C)C(C)(C)C)C1=O. The Labute approximate surface area is 210 Å². The molecule has 0 spiro atoms. The van der Waals surface area contributed by atoms with Crippen LogP contribution in [0.4, 0.5) is 0 Å². The van der Waals surface area contributed by atoms with Gasteiger partial charge in [0.2, 0.25) is 5.91 Å². The van der Waals surface area contributed by atoms with Crippen LogP contribution in [0.2, 0.25) is 36.3 Å². The van der Waals surface area contributed by atoms with Crippen LogP contribution in [0.15, 0.2) is 0 Å². The lowest BCUT2D eigenvalue weighted by Crippen LogP contribution is -2.68. The normalized spacial score (nSPS) is 27.9. The van der Waals surface area contributed by atoms with Crippen molar-refractivity contribution in [3.05, 3.63) is 0 Å². The predicted molar refractivity (Wildman–Crippen MR) is 143 cm³/mol. The van der Waals surface area contributed by atoms with Crippen molar-refractivity contribution in [1.29, 1.82) is 0 Å². The van der Waals surface area contributed by atoms with Crippen LogP contribution >= 0.6 is 0 Å². The van der Waals surface area contributed by atoms with Gasteiger partial charge in [-0.25, -0.2) is 0 Å². The van der Waals surface area contributed by atoms with Gasteiger partial charge in [-0.3, -0.25) is 9.59 Å². The highest BCUT2D eigenvalue weighted by molar-refractivity contribution is 6.74. The number of hydrogen-bond donors (Lipinski definition) is 1. The molecule has 2 rings (SSSR count). The van der Waals surface area contributed by atoms with Crippen LogP contribution in [-0.4, -0.2) is 59.8 Å². The zero-order valence-electron chi connectivity index (χ0n) is 23.7. The maximum atomic E-state index is 13.3. The fraction of sp³-hybridized carbons (Fsp3) is 0.923. The standard InChI is InChI=1S/C26H51NO5Si2/c1-18(32-34(10,11)26(5,6)7)21-22(27-24(21)29)19-14-12-15-20(23(19)28)30-16-13-17-31-33(8,9)25(2,3)4/h18-22H,12-17H2,1-11H3,(H,27,29)/t18-,19-,20+,21-,22-/m1/s1. The van der Waals surface area contributed by atoms with Crippen LogP contribution in [0.1, 0.15) is 74.1 Å². The van der Waals surface area contributed by atoms with Crippen LogP contribution in [0.5, 0.6) is 0 Å². The summed E-state index contributed by atoms with van der Waals surface area (Å²) in [5.74, 6) is -0.295. The lowest BCUT2D eigenvalue weighted by atomic mass is 9.71. The van der Waals surface area contributed by atoms with Crippen LogP contribution in [0.3, 0.4) is 0 Å². The number of ether oxygens (including phenoxy) is 1. The fourth-order valence-electron chi connectivity index (χ4n) is 4.38. The van der Waals surface area contributed by atoms with Crippen molar-refractivity contribution in [3.63, 3.8) is 0 Å². The van der Waals surface area contributed by atoms with Crippen molar-refractivity contribution in [2.45, 2.75) is 129 Å². The van der Waals surface area contributed by atoms with Gasteiger partial charge in [0.15, 0.2) is 22.4 Å². The molecular weight excluding hydrogens is 462 g/mol. The Bertz CT molecular complexity index is 726. The minimum Gasteiger partial charge on any atom is -0.417 e. The van der Waals surface area contributed by atoms with Gasteiger partial charge in [-0.15, -0.1) is 0 Å². The number of Topliss-reactive ketones (excluding diaryl/α,β-unsaturated/α-hetero) is 1. The first-order chi connectivity index (χ1) is 15.4. The number of hydrogen-bond acceptors (Lipinski definition) is 5. The molecule has 1 saturated heterocycles. The highest BCUT2D eigenvalue weighted by Gasteiger charge is 2.52. The lowest BCUT2D eigenvalue weighted by molar-refractivity contribution is -0.151. The Hall–Kier alpha value is -0.546. The van der Waals surface area contributed by atoms with E-state index in [1.54, 1.807) is 0 Å². The van der Waals surface area contributed by atoms with E-state index < -0.39 is 16.6 Å². The van der Waals surface area contributed by atoms with E-state index in [4.69, 9.17) is 13.6 Å². The average molecular weight is 514 g/mol. The van der Waals surface area contributed by atoms with E-state index in [1.807, 2.05) is 6.92 Å². The molecule has 34 heavy (non-hydrogen) atoms. The van der Waals surface area contributed by atoms with Gasteiger partial charge in [-0.1, -0.05) is 41.5 Å². The molecule has 6 nitrogen and oxygen atoms in total. The van der Waals surface area contributed by atoms with Crippen molar-refractivity contribution in [1.82, 2.24) is 5.32 Å². The minimum atomic E-state index is -2.00. The molecule has 0 aromatic rings. The fourth-order valence-corrected chi connectivity index (χ4v) is 6.90. The lowest BCUT2D eigenvalue weighted by Gasteiger charge is -2.48. The van der Waals surface area contributed by atoms with Gasteiger partial charge in [0.05, 0.1) is 18.1 Å². The smallest absolute Gasteiger partial charge is 0.228 e. The number of β-lactam (4-membered cyclic amide) rings is 1. The second-order valence-electron chi connectivity index (χ2n) is 13.4. The number of nitrogens with one attached hydrogen (secondary N) is 1. The molecule has 0 unspecified atom stereocenters. The van der Waals surface area contributed by atoms with Gasteiger partial charge in [-0.2, -0.15) is 0 Å². The highest BCUT2D eigenvalue weighted by Crippen LogP contribution is 2.41. The molecule has 2 fully saturated rings. The number of amides is 1. The van der Waals surface area contributed by atoms with Gasteiger partial charge < -0.3 is 18.9 Å². The van der Waals surface area contributed by atoms with Crippen LogP contribution in [0.25, 0.3) is 0 Å². The van der Waals surface area contributed by atoms with Crippen LogP contribution < -0.4 is 5.32 Å². The third-order valence-electron chi connectivity index (χ3n) is 8.77. The van der Waals surface area contributed by atoms with E-state index >= 15 is 0 Å². The summed E-state index contributed by atoms with van der Waals surface area (Å²) in [6.07, 6.45) is 2.74. The molecule has 1 saturated carbocycles. The first-order valence-electron chi connectivity index (χ1n) is 13.2. The summed E-state index contributed by atoms with van der Waals surface area (Å²) in [4.78, 5) is 25.8. The van der Waals surface area contributed by atoms with E-state index in [-0.39, 0.29) is 51.9 Å². The van der Waals surface area contributed by atoms with E-state index in [0.29, 0.717) is 13.2 Å². The zero-order chi connectivity index (χ0) is 26.1. The predicted octanol–water partition coefficient (Wildman–Crippen LogP) is 5.68. The Morgan fingerprint density at radius 2 is 1.53 bits per heavy atom. The molecule has 0 bridgehead atoms. The van der Waals surface area contributed by atoms with Gasteiger partial charge >= 0.3 is 0 Å². The van der Waals surface area contributed by atoms with Gasteiger partial charge in [0.25, 0.3) is 0 Å². The van der Waals surface area contributed by atoms with Crippen LogP contribution in [0, 0.1) is 11.8 Å². The summed E-state index contributed by atoms with van der Waals surface area (Å²) in [7, 11) is -3.76. The summed E-state index contributed by atoms with van der Waals surface area (Å²) in [6.45, 7) is 25.4. The van der Waals surface area contributed by atoms with Crippen molar-refractivity contribution in [2.75, 3.05) is 13.2 Å². The highest BCUT2D eigenvalue weighted by atomic mass is 28.4. The Balaban J connectivity index is 1.90. The third kappa shape index (κ3) is 6.81. The molecule has 1 N–H and O–H groups in total. The number of carbonyl (C=O) groups is 2. The van der Waals surface area contributed by atoms with E-state index in [1.165, 1.54) is 0 Å². The Morgan fingerprint density at radius 3 is 2.06 bits per heavy atom. The van der Waals surface area contributed by atoms with Crippen molar-refractivity contribution in [2.24, 2.45) is 11.8 Å². The number of carbonyl (C=O) groups excluding carboxylic acids is 2. The molecule has 0 radical (unpaired) electrons. The van der Waals surface area contributed by atoms with E-state index in [0.717, 1.165) is 25.7 Å². The summed E-state index contributed by atoms with van der Waals surface area (Å²) in [5.41, 5.74) is 0. The summed E-state index contributed by atoms with van der Waals surface area (Å²) in [6, 6.07) is -0.145. The number of ketones is 1. The van der Waals surface area contributed by atoms with Gasteiger partial charge in [0, 0.05) is 19.1 Å². The van der Waals surface area contributed by atoms with Crippen LogP contribution in [-0.2, 0) is 23.2 Å². The summed E-state index contributed by atoms with van der Waals surface area (Å²) in [5, 5.41) is 3.30. The Kier molecular flexibility index (Phi) is 9.45. The van der Waals surface area contributed by atoms with Crippen molar-refractivity contribution < 1.29 is 23.2 Å². The molecule has 0 aromatic carbocycles. The molecule has 1 heterocycles. The van der Waals surface area contributed by atoms with Crippen molar-refractivity contribution >= 4 is 28.3 Å². The molecule has 1 amide bonds. The Morgan fingerprint density at radius 1 is 0.941 bits per heavy atom. The maximum Gasteiger partial charge on any atom is 0.228 e. The maximum absolute atomic E-state index is 13.3. The number of rotatable bonds is 10. The second kappa shape index (κ2) is 10.8. The topological polar surface area (TPSA) is 73.9 Å². The molecule has 198 valence electrons. The summed E-state index contributed by atoms with van der Waals surface area (Å²) < 4.78 is 18.8. The summed E-state index contributed by atoms with van der Waals surface area (Å²) >= 11 is 0. The van der Waals surface area contributed by atoms with Crippen molar-refractivity contribution in [3.8, 4) is 0 Å². The second-order valence-corrected chi connectivity index (χ2v) is 23.0. The van der Waals surface area contributed by atoms with Gasteiger partial charge in [-0.05, 0) is 68.9 Å². The quantitative estimate of drug-likeness (QED) is 0.231. The molecule has 1 aliphatic heterocycles. The zero-order valence-corrected chi connectivity index (χ0v) is 25.7. The molecule has 5 atom stereocenters. The van der Waals surface area contributed by atoms with Gasteiger partial charge in [0.1, 0.15) is 6.10 Å². The average Bonchev–Trinajstić information content (AvgIpc) is 2.64. The third-order valence-corrected chi connectivity index (χ3v) is 17.9. The van der Waals surface area contributed by atoms with E-state index in [2.05, 4.69) is 73.0 Å². The monoisotopic (exact) mass is 513 g/mol. The largest absolute Gasteiger partial charge is 0.417 e. The molecule has 1 aliphatic carbocycles. The molecular formula is C26H51NO5Si2. The first-order valence-corrected chi connectivity index (χ1v) is 19.0.